The van der Waals surface area contributed by atoms with Crippen molar-refractivity contribution >= 4 is 21.4 Å². The van der Waals surface area contributed by atoms with E-state index in [4.69, 9.17) is 4.74 Å². The summed E-state index contributed by atoms with van der Waals surface area (Å²) in [6.07, 6.45) is -0.648. The zero-order chi connectivity index (χ0) is 26.5. The number of benzene rings is 1. The Morgan fingerprint density at radius 3 is 2.39 bits per heavy atom. The molecule has 2 aromatic rings. The maximum atomic E-state index is 13.3. The Bertz CT molecular complexity index is 1170. The van der Waals surface area contributed by atoms with Crippen molar-refractivity contribution in [3.8, 4) is 5.75 Å². The number of nitrogens with zero attached hydrogens (tertiary/aromatic N) is 2. The van der Waals surface area contributed by atoms with E-state index in [9.17, 15) is 26.4 Å². The number of hydrogen-bond donors (Lipinski definition) is 0. The first-order valence-electron chi connectivity index (χ1n) is 12.0. The van der Waals surface area contributed by atoms with Crippen LogP contribution in [0.15, 0.2) is 30.3 Å². The molecule has 1 fully saturated rings. The Hall–Kier alpha value is -2.62. The molecule has 1 aliphatic heterocycles. The molecular weight excluding hydrogens is 493 g/mol. The maximum Gasteiger partial charge on any atom is 0.433 e. The van der Waals surface area contributed by atoms with E-state index in [1.165, 1.54) is 19.4 Å². The van der Waals surface area contributed by atoms with Gasteiger partial charge in [-0.25, -0.2) is 13.4 Å². The molecule has 0 unspecified atom stereocenters. The molecular formula is C26H33F3N2O4S. The van der Waals surface area contributed by atoms with Crippen molar-refractivity contribution in [2.24, 2.45) is 5.92 Å². The molecule has 1 aromatic carbocycles. The number of aromatic nitrogens is 1. The van der Waals surface area contributed by atoms with Crippen LogP contribution in [0.5, 0.6) is 5.75 Å². The molecule has 0 saturated carbocycles. The van der Waals surface area contributed by atoms with E-state index in [1.807, 2.05) is 4.90 Å². The first kappa shape index (κ1) is 28.0. The summed E-state index contributed by atoms with van der Waals surface area (Å²) in [7, 11) is -1.62. The smallest absolute Gasteiger partial charge is 0.433 e. The number of hydrogen-bond acceptors (Lipinski definition) is 6. The van der Waals surface area contributed by atoms with Crippen LogP contribution in [0.2, 0.25) is 0 Å². The molecule has 1 aromatic heterocycles. The number of anilines is 1. The molecule has 10 heteroatoms. The third-order valence-electron chi connectivity index (χ3n) is 6.50. The lowest BCUT2D eigenvalue weighted by molar-refractivity contribution is -0.141. The Kier molecular flexibility index (Phi) is 9.03. The molecule has 1 aliphatic rings. The molecule has 0 N–H and O–H groups in total. The second kappa shape index (κ2) is 11.6. The highest BCUT2D eigenvalue weighted by Crippen LogP contribution is 2.32. The van der Waals surface area contributed by atoms with E-state index in [2.05, 4.69) is 11.9 Å². The fourth-order valence-corrected chi connectivity index (χ4v) is 4.91. The number of halogens is 3. The lowest BCUT2D eigenvalue weighted by Crippen LogP contribution is -2.34. The van der Waals surface area contributed by atoms with E-state index in [-0.39, 0.29) is 24.4 Å². The zero-order valence-electron chi connectivity index (χ0n) is 20.9. The second-order valence-corrected chi connectivity index (χ2v) is 11.8. The number of aryl methyl sites for hydroxylation is 2. The highest BCUT2D eigenvalue weighted by Gasteiger charge is 2.34. The van der Waals surface area contributed by atoms with Crippen LogP contribution in [0.4, 0.5) is 19.0 Å². The van der Waals surface area contributed by atoms with E-state index in [0.29, 0.717) is 49.0 Å². The van der Waals surface area contributed by atoms with E-state index < -0.39 is 21.7 Å². The largest absolute Gasteiger partial charge is 0.496 e. The number of ether oxygens (including phenoxy) is 1. The van der Waals surface area contributed by atoms with Crippen LogP contribution in [-0.4, -0.2) is 51.4 Å². The summed E-state index contributed by atoms with van der Waals surface area (Å²) in [5.41, 5.74) is 1.19. The number of carbonyl (C=O) groups is 1. The monoisotopic (exact) mass is 526 g/mol. The molecule has 0 atom stereocenters. The summed E-state index contributed by atoms with van der Waals surface area (Å²) in [6, 6.07) is 7.70. The molecule has 6 nitrogen and oxygen atoms in total. The van der Waals surface area contributed by atoms with Crippen molar-refractivity contribution < 1.29 is 31.1 Å². The standard InChI is InChI=1S/C26H33F3N2O4S/c1-18-10-13-31(14-11-18)25-21(7-9-24(30-25)26(27,28)29)6-8-22(32)16-19-4-5-20(23(17-19)35-2)12-15-36(3,33)34/h4-5,7,9,17-18H,6,8,10-16H2,1-3H3. The molecule has 198 valence electrons. The van der Waals surface area contributed by atoms with Gasteiger partial charge in [-0.05, 0) is 60.4 Å². The Morgan fingerprint density at radius 2 is 1.78 bits per heavy atom. The quantitative estimate of drug-likeness (QED) is 0.448. The molecule has 0 bridgehead atoms. The first-order valence-corrected chi connectivity index (χ1v) is 14.1. The third kappa shape index (κ3) is 7.94. The van der Waals surface area contributed by atoms with Crippen molar-refractivity contribution in [3.05, 3.63) is 52.7 Å². The summed E-state index contributed by atoms with van der Waals surface area (Å²) in [4.78, 5) is 18.6. The topological polar surface area (TPSA) is 76.6 Å². The van der Waals surface area contributed by atoms with Crippen LogP contribution in [-0.2, 0) is 40.1 Å². The van der Waals surface area contributed by atoms with Gasteiger partial charge in [-0.2, -0.15) is 13.2 Å². The SMILES string of the molecule is COc1cc(CC(=O)CCc2ccc(C(F)(F)F)nc2N2CCC(C)CC2)ccc1CCS(C)(=O)=O. The molecule has 1 saturated heterocycles. The van der Waals surface area contributed by atoms with E-state index in [1.54, 1.807) is 18.2 Å². The summed E-state index contributed by atoms with van der Waals surface area (Å²) >= 11 is 0. The van der Waals surface area contributed by atoms with Crippen LogP contribution in [0.25, 0.3) is 0 Å². The number of sulfone groups is 1. The number of alkyl halides is 3. The minimum absolute atomic E-state index is 0.00106. The lowest BCUT2D eigenvalue weighted by Gasteiger charge is -2.33. The van der Waals surface area contributed by atoms with Crippen LogP contribution in [0, 0.1) is 5.92 Å². The summed E-state index contributed by atoms with van der Waals surface area (Å²) < 4.78 is 68.2. The predicted octanol–water partition coefficient (Wildman–Crippen LogP) is 4.68. The van der Waals surface area contributed by atoms with E-state index in [0.717, 1.165) is 30.0 Å². The molecule has 2 heterocycles. The van der Waals surface area contributed by atoms with Gasteiger partial charge in [-0.15, -0.1) is 0 Å². The van der Waals surface area contributed by atoms with Crippen LogP contribution < -0.4 is 9.64 Å². The van der Waals surface area contributed by atoms with Crippen molar-refractivity contribution in [2.45, 2.75) is 51.6 Å². The van der Waals surface area contributed by atoms with Gasteiger partial charge in [0.25, 0.3) is 0 Å². The Morgan fingerprint density at radius 1 is 1.11 bits per heavy atom. The van der Waals surface area contributed by atoms with Gasteiger partial charge in [0.05, 0.1) is 12.9 Å². The highest BCUT2D eigenvalue weighted by molar-refractivity contribution is 7.90. The van der Waals surface area contributed by atoms with Gasteiger partial charge in [-0.3, -0.25) is 4.79 Å². The lowest BCUT2D eigenvalue weighted by atomic mass is 9.97. The normalized spacial score (nSPS) is 15.2. The van der Waals surface area contributed by atoms with Crippen LogP contribution in [0.1, 0.15) is 48.6 Å². The van der Waals surface area contributed by atoms with Gasteiger partial charge in [0.2, 0.25) is 0 Å². The van der Waals surface area contributed by atoms with Gasteiger partial charge in [-0.1, -0.05) is 25.1 Å². The van der Waals surface area contributed by atoms with E-state index >= 15 is 0 Å². The summed E-state index contributed by atoms with van der Waals surface area (Å²) in [6.45, 7) is 3.41. The van der Waals surface area contributed by atoms with Crippen LogP contribution >= 0.6 is 0 Å². The van der Waals surface area contributed by atoms with Crippen molar-refractivity contribution in [2.75, 3.05) is 37.1 Å². The maximum absolute atomic E-state index is 13.3. The zero-order valence-corrected chi connectivity index (χ0v) is 21.7. The first-order chi connectivity index (χ1) is 16.9. The number of rotatable bonds is 10. The minimum Gasteiger partial charge on any atom is -0.496 e. The minimum atomic E-state index is -4.53. The van der Waals surface area contributed by atoms with Crippen LogP contribution in [0.3, 0.4) is 0 Å². The Labute approximate surface area is 210 Å². The van der Waals surface area contributed by atoms with Gasteiger partial charge >= 0.3 is 6.18 Å². The fraction of sp³-hybridized carbons (Fsp3) is 0.538. The number of Topliss-reactive ketones (excluding diaryl/α,β-unsaturated/α-hetero) is 1. The summed E-state index contributed by atoms with van der Waals surface area (Å²) in [5.74, 6) is 1.31. The third-order valence-corrected chi connectivity index (χ3v) is 7.44. The number of ketones is 1. The Balaban J connectivity index is 1.69. The average molecular weight is 527 g/mol. The second-order valence-electron chi connectivity index (χ2n) is 9.59. The number of carbonyl (C=O) groups excluding carboxylic acids is 1. The number of piperidine rings is 1. The number of pyridine rings is 1. The molecule has 0 radical (unpaired) electrons. The highest BCUT2D eigenvalue weighted by atomic mass is 32.2. The van der Waals surface area contributed by atoms with Crippen molar-refractivity contribution in [1.82, 2.24) is 4.98 Å². The molecule has 0 amide bonds. The predicted molar refractivity (Wildman–Crippen MR) is 133 cm³/mol. The molecule has 36 heavy (non-hydrogen) atoms. The molecule has 0 aliphatic carbocycles. The van der Waals surface area contributed by atoms with Crippen molar-refractivity contribution in [3.63, 3.8) is 0 Å². The van der Waals surface area contributed by atoms with Gasteiger partial charge < -0.3 is 9.64 Å². The molecule has 0 spiro atoms. The average Bonchev–Trinajstić information content (AvgIpc) is 2.81. The van der Waals surface area contributed by atoms with Gasteiger partial charge in [0.15, 0.2) is 0 Å². The van der Waals surface area contributed by atoms with Gasteiger partial charge in [0.1, 0.15) is 32.9 Å². The van der Waals surface area contributed by atoms with Gasteiger partial charge in [0, 0.05) is 32.2 Å². The summed E-state index contributed by atoms with van der Waals surface area (Å²) in [5, 5.41) is 0. The molecule has 3 rings (SSSR count). The fourth-order valence-electron chi connectivity index (χ4n) is 4.32. The number of methoxy groups -OCH3 is 1. The van der Waals surface area contributed by atoms with Crippen molar-refractivity contribution in [1.29, 1.82) is 0 Å².